The molecule has 0 saturated heterocycles. The van der Waals surface area contributed by atoms with Crippen LogP contribution in [-0.2, 0) is 15.3 Å². The largest absolute Gasteiger partial charge is 0.468 e. The maximum absolute atomic E-state index is 11.4. The summed E-state index contributed by atoms with van der Waals surface area (Å²) in [6.45, 7) is 3.86. The molecular formula is C15H23NO2S. The highest BCUT2D eigenvalue weighted by Crippen LogP contribution is 2.19. The summed E-state index contributed by atoms with van der Waals surface area (Å²) in [5.41, 5.74) is 7.74. The Balaban J connectivity index is 2.25. The highest BCUT2D eigenvalue weighted by Gasteiger charge is 2.28. The molecule has 4 heteroatoms. The van der Waals surface area contributed by atoms with Crippen LogP contribution in [0.15, 0.2) is 24.3 Å². The highest BCUT2D eigenvalue weighted by atomic mass is 32.2. The maximum Gasteiger partial charge on any atom is 0.325 e. The lowest BCUT2D eigenvalue weighted by atomic mass is 9.98. The van der Waals surface area contributed by atoms with Crippen LogP contribution in [0.3, 0.4) is 0 Å². The molecule has 1 atom stereocenters. The van der Waals surface area contributed by atoms with Crippen LogP contribution in [0.1, 0.15) is 30.9 Å². The standard InChI is InChI=1S/C15H23NO2S/c1-12-7-4-5-8-13(12)11-19-10-6-9-15(2,16)14(17)18-3/h4-5,7-8H,6,9-11,16H2,1-3H3. The van der Waals surface area contributed by atoms with Crippen molar-refractivity contribution >= 4 is 17.7 Å². The predicted octanol–water partition coefficient (Wildman–Crippen LogP) is 2.90. The molecule has 1 aromatic carbocycles. The number of methoxy groups -OCH3 is 1. The average Bonchev–Trinajstić information content (AvgIpc) is 2.39. The van der Waals surface area contributed by atoms with Crippen LogP contribution >= 0.6 is 11.8 Å². The van der Waals surface area contributed by atoms with Crippen molar-refractivity contribution < 1.29 is 9.53 Å². The number of hydrogen-bond donors (Lipinski definition) is 1. The SMILES string of the molecule is COC(=O)C(C)(N)CCCSCc1ccccc1C. The van der Waals surface area contributed by atoms with Gasteiger partial charge in [0.05, 0.1) is 7.11 Å². The van der Waals surface area contributed by atoms with Crippen molar-refractivity contribution in [3.05, 3.63) is 35.4 Å². The Labute approximate surface area is 119 Å². The molecule has 0 spiro atoms. The number of carbonyl (C=O) groups excluding carboxylic acids is 1. The second kappa shape index (κ2) is 7.56. The first-order valence-corrected chi connectivity index (χ1v) is 7.62. The van der Waals surface area contributed by atoms with Crippen LogP contribution in [0.5, 0.6) is 0 Å². The van der Waals surface area contributed by atoms with Crippen LogP contribution in [0.4, 0.5) is 0 Å². The molecule has 1 unspecified atom stereocenters. The fraction of sp³-hybridized carbons (Fsp3) is 0.533. The Bertz CT molecular complexity index is 418. The molecule has 1 rings (SSSR count). The van der Waals surface area contributed by atoms with Gasteiger partial charge in [-0.2, -0.15) is 11.8 Å². The van der Waals surface area contributed by atoms with Crippen molar-refractivity contribution in [1.82, 2.24) is 0 Å². The molecule has 0 fully saturated rings. The van der Waals surface area contributed by atoms with E-state index in [1.807, 2.05) is 11.8 Å². The molecule has 2 N–H and O–H groups in total. The third-order valence-electron chi connectivity index (χ3n) is 3.16. The minimum atomic E-state index is -0.863. The van der Waals surface area contributed by atoms with Gasteiger partial charge in [-0.1, -0.05) is 24.3 Å². The van der Waals surface area contributed by atoms with Gasteiger partial charge in [0.2, 0.25) is 0 Å². The lowest BCUT2D eigenvalue weighted by Crippen LogP contribution is -2.45. The van der Waals surface area contributed by atoms with E-state index in [9.17, 15) is 4.79 Å². The van der Waals surface area contributed by atoms with E-state index in [2.05, 4.69) is 35.9 Å². The Morgan fingerprint density at radius 1 is 1.42 bits per heavy atom. The number of ether oxygens (including phenoxy) is 1. The summed E-state index contributed by atoms with van der Waals surface area (Å²) in [6.07, 6.45) is 1.57. The first-order chi connectivity index (χ1) is 8.97. The van der Waals surface area contributed by atoms with Crippen LogP contribution in [0.25, 0.3) is 0 Å². The maximum atomic E-state index is 11.4. The van der Waals surface area contributed by atoms with E-state index in [4.69, 9.17) is 5.73 Å². The number of rotatable bonds is 7. The lowest BCUT2D eigenvalue weighted by molar-refractivity contribution is -0.146. The fourth-order valence-electron chi connectivity index (χ4n) is 1.83. The van der Waals surface area contributed by atoms with Crippen molar-refractivity contribution in [2.75, 3.05) is 12.9 Å². The molecule has 0 saturated carbocycles. The molecule has 0 radical (unpaired) electrons. The molecule has 0 amide bonds. The minimum Gasteiger partial charge on any atom is -0.468 e. The summed E-state index contributed by atoms with van der Waals surface area (Å²) in [5.74, 6) is 1.67. The van der Waals surface area contributed by atoms with Crippen molar-refractivity contribution in [2.45, 2.75) is 38.0 Å². The van der Waals surface area contributed by atoms with E-state index < -0.39 is 5.54 Å². The number of hydrogen-bond acceptors (Lipinski definition) is 4. The van der Waals surface area contributed by atoms with E-state index in [-0.39, 0.29) is 5.97 Å². The van der Waals surface area contributed by atoms with Crippen LogP contribution in [0, 0.1) is 6.92 Å². The zero-order valence-corrected chi connectivity index (χ0v) is 12.8. The van der Waals surface area contributed by atoms with Gasteiger partial charge in [-0.15, -0.1) is 0 Å². The zero-order chi connectivity index (χ0) is 14.3. The van der Waals surface area contributed by atoms with E-state index in [1.165, 1.54) is 18.2 Å². The molecule has 0 aromatic heterocycles. The van der Waals surface area contributed by atoms with Gasteiger partial charge < -0.3 is 10.5 Å². The predicted molar refractivity (Wildman–Crippen MR) is 81.2 cm³/mol. The lowest BCUT2D eigenvalue weighted by Gasteiger charge is -2.20. The number of aryl methyl sites for hydroxylation is 1. The van der Waals surface area contributed by atoms with Gasteiger partial charge in [0.25, 0.3) is 0 Å². The third-order valence-corrected chi connectivity index (χ3v) is 4.25. The normalized spacial score (nSPS) is 13.9. The summed E-state index contributed by atoms with van der Waals surface area (Å²) in [7, 11) is 1.38. The number of thioether (sulfide) groups is 1. The number of nitrogens with two attached hydrogens (primary N) is 1. The van der Waals surface area contributed by atoms with Crippen molar-refractivity contribution in [1.29, 1.82) is 0 Å². The zero-order valence-electron chi connectivity index (χ0n) is 11.9. The Hall–Kier alpha value is -1.00. The highest BCUT2D eigenvalue weighted by molar-refractivity contribution is 7.98. The molecular weight excluding hydrogens is 258 g/mol. The van der Waals surface area contributed by atoms with Gasteiger partial charge in [0, 0.05) is 5.75 Å². The molecule has 0 bridgehead atoms. The minimum absolute atomic E-state index is 0.337. The molecule has 0 heterocycles. The molecule has 3 nitrogen and oxygen atoms in total. The fourth-order valence-corrected chi connectivity index (χ4v) is 2.87. The average molecular weight is 281 g/mol. The number of carbonyl (C=O) groups is 1. The van der Waals surface area contributed by atoms with Crippen molar-refractivity contribution in [2.24, 2.45) is 5.73 Å². The quantitative estimate of drug-likeness (QED) is 0.617. The first-order valence-electron chi connectivity index (χ1n) is 6.47. The monoisotopic (exact) mass is 281 g/mol. The Kier molecular flexibility index (Phi) is 6.38. The number of esters is 1. The Morgan fingerprint density at radius 3 is 2.74 bits per heavy atom. The van der Waals surface area contributed by atoms with Gasteiger partial charge in [0.15, 0.2) is 0 Å². The summed E-state index contributed by atoms with van der Waals surface area (Å²) in [6, 6.07) is 8.41. The van der Waals surface area contributed by atoms with E-state index in [1.54, 1.807) is 6.92 Å². The van der Waals surface area contributed by atoms with Gasteiger partial charge in [0.1, 0.15) is 5.54 Å². The molecule has 106 valence electrons. The second-order valence-electron chi connectivity index (χ2n) is 4.99. The molecule has 1 aromatic rings. The second-order valence-corrected chi connectivity index (χ2v) is 6.10. The number of benzene rings is 1. The third kappa shape index (κ3) is 5.25. The smallest absolute Gasteiger partial charge is 0.325 e. The topological polar surface area (TPSA) is 52.3 Å². The van der Waals surface area contributed by atoms with Crippen LogP contribution in [0.2, 0.25) is 0 Å². The van der Waals surface area contributed by atoms with Crippen molar-refractivity contribution in [3.63, 3.8) is 0 Å². The van der Waals surface area contributed by atoms with Crippen molar-refractivity contribution in [3.8, 4) is 0 Å². The van der Waals surface area contributed by atoms with Gasteiger partial charge >= 0.3 is 5.97 Å². The molecule has 0 aliphatic heterocycles. The Morgan fingerprint density at radius 2 is 2.11 bits per heavy atom. The summed E-state index contributed by atoms with van der Waals surface area (Å²) >= 11 is 1.87. The summed E-state index contributed by atoms with van der Waals surface area (Å²) in [4.78, 5) is 11.4. The van der Waals surface area contributed by atoms with E-state index in [0.717, 1.165) is 17.9 Å². The molecule has 0 aliphatic carbocycles. The van der Waals surface area contributed by atoms with Gasteiger partial charge in [-0.25, -0.2) is 0 Å². The van der Waals surface area contributed by atoms with Gasteiger partial charge in [-0.05, 0) is 43.6 Å². The van der Waals surface area contributed by atoms with Crippen LogP contribution in [-0.4, -0.2) is 24.4 Å². The van der Waals surface area contributed by atoms with Crippen LogP contribution < -0.4 is 5.73 Å². The molecule has 19 heavy (non-hydrogen) atoms. The summed E-state index contributed by atoms with van der Waals surface area (Å²) < 4.78 is 4.69. The first kappa shape index (κ1) is 16.1. The molecule has 0 aliphatic rings. The van der Waals surface area contributed by atoms with E-state index >= 15 is 0 Å². The van der Waals surface area contributed by atoms with E-state index in [0.29, 0.717) is 6.42 Å². The van der Waals surface area contributed by atoms with Gasteiger partial charge in [-0.3, -0.25) is 4.79 Å². The summed E-state index contributed by atoms with van der Waals surface area (Å²) in [5, 5.41) is 0.